The van der Waals surface area contributed by atoms with Crippen LogP contribution in [0.4, 0.5) is 5.69 Å². The smallest absolute Gasteiger partial charge is 0.0726 e. The van der Waals surface area contributed by atoms with Crippen LogP contribution in [0.5, 0.6) is 0 Å². The Hall–Kier alpha value is -1.02. The number of rotatable bonds is 2. The van der Waals surface area contributed by atoms with E-state index >= 15 is 0 Å². The average molecular weight is 289 g/mol. The van der Waals surface area contributed by atoms with Crippen molar-refractivity contribution in [2.75, 3.05) is 18.0 Å². The minimum Gasteiger partial charge on any atom is -0.372 e. The summed E-state index contributed by atoms with van der Waals surface area (Å²) >= 11 is 0. The summed E-state index contributed by atoms with van der Waals surface area (Å²) in [6.07, 6.45) is 0.596. The molecule has 0 N–H and O–H groups in total. The SMILES string of the molecule is CC(C)c1ccc(C(C)(C)C)cc1N1C[C@@H](C)O[C@H](C)C1. The van der Waals surface area contributed by atoms with Gasteiger partial charge in [0, 0.05) is 18.8 Å². The molecule has 0 bridgehead atoms. The molecule has 0 radical (unpaired) electrons. The molecule has 0 saturated carbocycles. The predicted molar refractivity (Wildman–Crippen MR) is 91.5 cm³/mol. The molecule has 2 rings (SSSR count). The van der Waals surface area contributed by atoms with Crippen molar-refractivity contribution in [1.82, 2.24) is 0 Å². The summed E-state index contributed by atoms with van der Waals surface area (Å²) in [7, 11) is 0. The van der Waals surface area contributed by atoms with Gasteiger partial charge in [0.1, 0.15) is 0 Å². The molecule has 2 atom stereocenters. The number of ether oxygens (including phenoxy) is 1. The monoisotopic (exact) mass is 289 g/mol. The van der Waals surface area contributed by atoms with Gasteiger partial charge in [-0.1, -0.05) is 46.8 Å². The zero-order chi connectivity index (χ0) is 15.8. The maximum atomic E-state index is 5.89. The van der Waals surface area contributed by atoms with Gasteiger partial charge in [0.25, 0.3) is 0 Å². The van der Waals surface area contributed by atoms with Crippen LogP contribution in [0.15, 0.2) is 18.2 Å². The summed E-state index contributed by atoms with van der Waals surface area (Å²) in [5, 5.41) is 0. The molecule has 1 aliphatic rings. The van der Waals surface area contributed by atoms with Gasteiger partial charge in [-0.05, 0) is 42.4 Å². The lowest BCUT2D eigenvalue weighted by Crippen LogP contribution is -2.46. The third-order valence-electron chi connectivity index (χ3n) is 4.28. The maximum Gasteiger partial charge on any atom is 0.0726 e. The minimum absolute atomic E-state index is 0.188. The number of benzene rings is 1. The van der Waals surface area contributed by atoms with Crippen molar-refractivity contribution in [3.8, 4) is 0 Å². The molecule has 0 unspecified atom stereocenters. The number of hydrogen-bond donors (Lipinski definition) is 0. The van der Waals surface area contributed by atoms with E-state index in [0.29, 0.717) is 18.1 Å². The van der Waals surface area contributed by atoms with Crippen molar-refractivity contribution in [3.63, 3.8) is 0 Å². The molecular formula is C19H31NO. The van der Waals surface area contributed by atoms with Crippen LogP contribution in [0.25, 0.3) is 0 Å². The van der Waals surface area contributed by atoms with E-state index in [-0.39, 0.29) is 5.41 Å². The number of morpholine rings is 1. The molecule has 118 valence electrons. The van der Waals surface area contributed by atoms with Crippen molar-refractivity contribution in [2.24, 2.45) is 0 Å². The van der Waals surface area contributed by atoms with Crippen LogP contribution in [-0.4, -0.2) is 25.3 Å². The normalized spacial score (nSPS) is 23.7. The Morgan fingerprint density at radius 3 is 2.14 bits per heavy atom. The lowest BCUT2D eigenvalue weighted by molar-refractivity contribution is -0.00528. The van der Waals surface area contributed by atoms with Crippen LogP contribution in [-0.2, 0) is 10.2 Å². The van der Waals surface area contributed by atoms with Gasteiger partial charge in [-0.3, -0.25) is 0 Å². The zero-order valence-electron chi connectivity index (χ0n) is 14.7. The van der Waals surface area contributed by atoms with Gasteiger partial charge >= 0.3 is 0 Å². The Kier molecular flexibility index (Phi) is 4.67. The third kappa shape index (κ3) is 3.79. The molecule has 0 amide bonds. The first-order chi connectivity index (χ1) is 9.68. The lowest BCUT2D eigenvalue weighted by atomic mass is 9.84. The highest BCUT2D eigenvalue weighted by Gasteiger charge is 2.26. The molecule has 21 heavy (non-hydrogen) atoms. The molecule has 1 aliphatic heterocycles. The predicted octanol–water partition coefficient (Wildman–Crippen LogP) is 4.72. The van der Waals surface area contributed by atoms with Crippen LogP contribution < -0.4 is 4.90 Å². The Balaban J connectivity index is 2.43. The molecule has 1 aromatic rings. The fraction of sp³-hybridized carbons (Fsp3) is 0.684. The Morgan fingerprint density at radius 2 is 1.67 bits per heavy atom. The first kappa shape index (κ1) is 16.4. The van der Waals surface area contributed by atoms with E-state index in [9.17, 15) is 0 Å². The highest BCUT2D eigenvalue weighted by Crippen LogP contribution is 2.34. The highest BCUT2D eigenvalue weighted by molar-refractivity contribution is 5.58. The van der Waals surface area contributed by atoms with Crippen LogP contribution in [0, 0.1) is 0 Å². The van der Waals surface area contributed by atoms with Crippen LogP contribution >= 0.6 is 0 Å². The number of nitrogens with zero attached hydrogens (tertiary/aromatic N) is 1. The summed E-state index contributed by atoms with van der Waals surface area (Å²) in [4.78, 5) is 2.52. The quantitative estimate of drug-likeness (QED) is 0.781. The molecule has 1 heterocycles. The zero-order valence-corrected chi connectivity index (χ0v) is 14.7. The Morgan fingerprint density at radius 1 is 1.10 bits per heavy atom. The standard InChI is InChI=1S/C19H31NO/c1-13(2)17-9-8-16(19(5,6)7)10-18(17)20-11-14(3)21-15(4)12-20/h8-10,13-15H,11-12H2,1-7H3/t14-,15-/m1/s1. The van der Waals surface area contributed by atoms with E-state index in [4.69, 9.17) is 4.74 Å². The third-order valence-corrected chi connectivity index (χ3v) is 4.28. The lowest BCUT2D eigenvalue weighted by Gasteiger charge is -2.39. The van der Waals surface area contributed by atoms with Crippen molar-refractivity contribution >= 4 is 5.69 Å². The summed E-state index contributed by atoms with van der Waals surface area (Å²) < 4.78 is 5.89. The molecule has 2 heteroatoms. The van der Waals surface area contributed by atoms with Crippen molar-refractivity contribution in [1.29, 1.82) is 0 Å². The topological polar surface area (TPSA) is 12.5 Å². The molecular weight excluding hydrogens is 258 g/mol. The van der Waals surface area contributed by atoms with E-state index in [1.165, 1.54) is 16.8 Å². The molecule has 1 saturated heterocycles. The fourth-order valence-electron chi connectivity index (χ4n) is 3.15. The Bertz CT molecular complexity index is 477. The molecule has 0 spiro atoms. The van der Waals surface area contributed by atoms with E-state index < -0.39 is 0 Å². The van der Waals surface area contributed by atoms with Gasteiger partial charge in [-0.25, -0.2) is 0 Å². The summed E-state index contributed by atoms with van der Waals surface area (Å²) in [6, 6.07) is 7.03. The number of anilines is 1. The van der Waals surface area contributed by atoms with Gasteiger partial charge in [0.2, 0.25) is 0 Å². The van der Waals surface area contributed by atoms with E-state index in [1.807, 2.05) is 0 Å². The van der Waals surface area contributed by atoms with Crippen LogP contribution in [0.3, 0.4) is 0 Å². The number of hydrogen-bond acceptors (Lipinski definition) is 2. The largest absolute Gasteiger partial charge is 0.372 e. The van der Waals surface area contributed by atoms with E-state index in [2.05, 4.69) is 71.6 Å². The molecule has 2 nitrogen and oxygen atoms in total. The van der Waals surface area contributed by atoms with E-state index in [1.54, 1.807) is 0 Å². The van der Waals surface area contributed by atoms with Crippen molar-refractivity contribution < 1.29 is 4.74 Å². The second kappa shape index (κ2) is 6.00. The molecule has 1 fully saturated rings. The second-order valence-electron chi connectivity index (χ2n) is 7.84. The molecule has 1 aromatic carbocycles. The first-order valence-corrected chi connectivity index (χ1v) is 8.23. The fourth-order valence-corrected chi connectivity index (χ4v) is 3.15. The van der Waals surface area contributed by atoms with Crippen LogP contribution in [0.1, 0.15) is 65.5 Å². The van der Waals surface area contributed by atoms with Gasteiger partial charge in [0.15, 0.2) is 0 Å². The van der Waals surface area contributed by atoms with Gasteiger partial charge in [-0.15, -0.1) is 0 Å². The summed E-state index contributed by atoms with van der Waals surface area (Å²) in [5.74, 6) is 0.544. The molecule has 0 aromatic heterocycles. The van der Waals surface area contributed by atoms with Crippen LogP contribution in [0.2, 0.25) is 0 Å². The molecule has 0 aliphatic carbocycles. The van der Waals surface area contributed by atoms with Gasteiger partial charge in [-0.2, -0.15) is 0 Å². The van der Waals surface area contributed by atoms with Crippen molar-refractivity contribution in [2.45, 2.75) is 72.0 Å². The summed E-state index contributed by atoms with van der Waals surface area (Å²) in [5.41, 5.74) is 4.45. The minimum atomic E-state index is 0.188. The maximum absolute atomic E-state index is 5.89. The average Bonchev–Trinajstić information content (AvgIpc) is 2.35. The van der Waals surface area contributed by atoms with Gasteiger partial charge in [0.05, 0.1) is 12.2 Å². The Labute approximate surface area is 130 Å². The van der Waals surface area contributed by atoms with Crippen molar-refractivity contribution in [3.05, 3.63) is 29.3 Å². The van der Waals surface area contributed by atoms with Gasteiger partial charge < -0.3 is 9.64 Å². The summed E-state index contributed by atoms with van der Waals surface area (Å²) in [6.45, 7) is 17.7. The first-order valence-electron chi connectivity index (χ1n) is 8.23. The highest BCUT2D eigenvalue weighted by atomic mass is 16.5. The van der Waals surface area contributed by atoms with E-state index in [0.717, 1.165) is 13.1 Å². The second-order valence-corrected chi connectivity index (χ2v) is 7.84.